The van der Waals surface area contributed by atoms with Gasteiger partial charge in [-0.3, -0.25) is 4.79 Å². The molecule has 2 amide bonds. The molecule has 1 saturated carbocycles. The average molecular weight is 744 g/mol. The Kier molecular flexibility index (Phi) is 11.4. The van der Waals surface area contributed by atoms with Gasteiger partial charge in [0.2, 0.25) is 5.91 Å². The van der Waals surface area contributed by atoms with Crippen molar-refractivity contribution in [2.24, 2.45) is 17.8 Å². The van der Waals surface area contributed by atoms with Gasteiger partial charge in [0.1, 0.15) is 5.82 Å². The molecule has 8 nitrogen and oxygen atoms in total. The highest BCUT2D eigenvalue weighted by atomic mass is 19.3. The van der Waals surface area contributed by atoms with Crippen molar-refractivity contribution < 1.29 is 27.5 Å². The van der Waals surface area contributed by atoms with E-state index in [1.807, 2.05) is 6.07 Å². The number of hydrogen-bond donors (Lipinski definition) is 2. The molecule has 0 bridgehead atoms. The number of methoxy groups -OCH3 is 1. The average Bonchev–Trinajstić information content (AvgIpc) is 3.61. The summed E-state index contributed by atoms with van der Waals surface area (Å²) in [6, 6.07) is 19.5. The number of halogens is 3. The van der Waals surface area contributed by atoms with E-state index in [4.69, 9.17) is 4.74 Å². The number of likely N-dealkylation sites (tertiary alicyclic amines) is 2. The van der Waals surface area contributed by atoms with Crippen molar-refractivity contribution in [3.63, 3.8) is 0 Å². The first kappa shape index (κ1) is 37.9. The van der Waals surface area contributed by atoms with E-state index in [1.165, 1.54) is 49.9 Å². The van der Waals surface area contributed by atoms with Crippen molar-refractivity contribution in [3.8, 4) is 0 Å². The maximum absolute atomic E-state index is 15.5. The molecule has 3 aromatic carbocycles. The van der Waals surface area contributed by atoms with E-state index < -0.39 is 17.9 Å². The van der Waals surface area contributed by atoms with Crippen LogP contribution in [0.5, 0.6) is 0 Å². The molecule has 3 atom stereocenters. The molecule has 0 aromatic heterocycles. The highest BCUT2D eigenvalue weighted by molar-refractivity contribution is 5.98. The van der Waals surface area contributed by atoms with E-state index in [1.54, 1.807) is 24.3 Å². The fourth-order valence-corrected chi connectivity index (χ4v) is 9.66. The predicted molar refractivity (Wildman–Crippen MR) is 205 cm³/mol. The number of benzene rings is 3. The Morgan fingerprint density at radius 1 is 0.870 bits per heavy atom. The maximum Gasteiger partial charge on any atom is 0.407 e. The van der Waals surface area contributed by atoms with Crippen LogP contribution in [0.1, 0.15) is 55.2 Å². The Bertz CT molecular complexity index is 1790. The Labute approximate surface area is 316 Å². The van der Waals surface area contributed by atoms with Crippen molar-refractivity contribution in [2.75, 3.05) is 69.7 Å². The molecule has 288 valence electrons. The minimum absolute atomic E-state index is 0.0240. The fraction of sp³-hybridized carbons (Fsp3) is 0.488. The Hall–Kier alpha value is -4.35. The Morgan fingerprint density at radius 2 is 1.59 bits per heavy atom. The number of rotatable bonds is 13. The van der Waals surface area contributed by atoms with E-state index in [-0.39, 0.29) is 40.0 Å². The van der Waals surface area contributed by atoms with Crippen molar-refractivity contribution in [3.05, 3.63) is 108 Å². The van der Waals surface area contributed by atoms with Gasteiger partial charge >= 0.3 is 6.09 Å². The minimum atomic E-state index is -3.23. The van der Waals surface area contributed by atoms with Crippen LogP contribution >= 0.6 is 0 Å². The number of anilines is 2. The molecular formula is C43H52F3N5O3. The molecule has 1 aliphatic carbocycles. The van der Waals surface area contributed by atoms with Crippen LogP contribution in [0.4, 0.5) is 29.3 Å². The van der Waals surface area contributed by atoms with Crippen LogP contribution in [0.2, 0.25) is 0 Å². The summed E-state index contributed by atoms with van der Waals surface area (Å²) in [5.41, 5.74) is 1.68. The van der Waals surface area contributed by atoms with E-state index in [0.717, 1.165) is 102 Å². The molecule has 0 spiro atoms. The largest absolute Gasteiger partial charge is 0.453 e. The zero-order valence-electron chi connectivity index (χ0n) is 31.1. The third kappa shape index (κ3) is 7.89. The van der Waals surface area contributed by atoms with Crippen LogP contribution in [0.15, 0.2) is 85.5 Å². The van der Waals surface area contributed by atoms with Crippen molar-refractivity contribution in [2.45, 2.75) is 55.9 Å². The molecule has 11 heteroatoms. The molecule has 3 saturated heterocycles. The summed E-state index contributed by atoms with van der Waals surface area (Å²) in [5, 5.41) is 5.72. The zero-order chi connectivity index (χ0) is 37.9. The number of nitrogens with zero attached hydrogens (tertiary/aromatic N) is 3. The second kappa shape index (κ2) is 16.2. The van der Waals surface area contributed by atoms with Gasteiger partial charge in [-0.25, -0.2) is 9.18 Å². The van der Waals surface area contributed by atoms with Crippen molar-refractivity contribution in [1.82, 2.24) is 15.1 Å². The monoisotopic (exact) mass is 743 g/mol. The number of alkyl halides is 2. The summed E-state index contributed by atoms with van der Waals surface area (Å²) in [5.74, 6) is -2.90. The van der Waals surface area contributed by atoms with Crippen LogP contribution in [0.3, 0.4) is 0 Å². The summed E-state index contributed by atoms with van der Waals surface area (Å²) in [6.07, 6.45) is 6.77. The predicted octanol–water partition coefficient (Wildman–Crippen LogP) is 7.41. The third-order valence-corrected chi connectivity index (χ3v) is 12.5. The Morgan fingerprint density at radius 3 is 2.26 bits per heavy atom. The number of carbonyl (C=O) groups is 2. The maximum atomic E-state index is 15.5. The lowest BCUT2D eigenvalue weighted by Crippen LogP contribution is -2.60. The fourth-order valence-electron chi connectivity index (χ4n) is 9.66. The molecule has 54 heavy (non-hydrogen) atoms. The second-order valence-electron chi connectivity index (χ2n) is 15.7. The van der Waals surface area contributed by atoms with Gasteiger partial charge in [0.25, 0.3) is 5.92 Å². The molecule has 3 aromatic rings. The SMILES string of the molecule is C=CC(=O)Nc1cccc(C(F)(F)c2ccc(N3CC(CN4CCC([C@@](CN5CCC5)(c5cccc(F)c5)[C@H]5CCC[C@@H]5NC(=O)OC)CC4)C3)cc2)c1. The van der Waals surface area contributed by atoms with Crippen LogP contribution in [-0.2, 0) is 20.9 Å². The smallest absolute Gasteiger partial charge is 0.407 e. The summed E-state index contributed by atoms with van der Waals surface area (Å²) >= 11 is 0. The van der Waals surface area contributed by atoms with E-state index >= 15 is 8.78 Å². The standard InChI is InChI=1S/C43H52F3N5O3/c1-3-40(52)47-36-11-5-9-34(25-36)43(45,46)32-14-16-37(17-15-32)51-27-30(28-51)26-49-22-18-31(19-23-49)42(29-50-20-7-21-50,33-8-4-10-35(44)24-33)38-12-6-13-39(38)48-41(53)54-2/h3-5,8-11,14-17,24-25,30-31,38-39H,1,6-7,12-13,18-23,26-29H2,2H3,(H,47,52)(H,48,53)/t38-,39-,42-/m0/s1. The highest BCUT2D eigenvalue weighted by Gasteiger charge is 2.53. The summed E-state index contributed by atoms with van der Waals surface area (Å²) in [7, 11) is 1.41. The number of carbonyl (C=O) groups excluding carboxylic acids is 2. The molecule has 4 aliphatic rings. The highest BCUT2D eigenvalue weighted by Crippen LogP contribution is 2.51. The van der Waals surface area contributed by atoms with Gasteiger partial charge in [0.05, 0.1) is 7.11 Å². The molecule has 4 fully saturated rings. The van der Waals surface area contributed by atoms with Gasteiger partial charge in [-0.1, -0.05) is 49.4 Å². The van der Waals surface area contributed by atoms with E-state index in [9.17, 15) is 14.0 Å². The van der Waals surface area contributed by atoms with Gasteiger partial charge in [-0.05, 0) is 118 Å². The number of hydrogen-bond acceptors (Lipinski definition) is 6. The number of ether oxygens (including phenoxy) is 1. The van der Waals surface area contributed by atoms with E-state index in [2.05, 4.69) is 38.0 Å². The molecule has 7 rings (SSSR count). The molecule has 2 N–H and O–H groups in total. The first-order valence-electron chi connectivity index (χ1n) is 19.4. The normalized spacial score (nSPS) is 22.5. The third-order valence-electron chi connectivity index (χ3n) is 12.5. The van der Waals surface area contributed by atoms with Crippen molar-refractivity contribution in [1.29, 1.82) is 0 Å². The number of piperidine rings is 1. The quantitative estimate of drug-likeness (QED) is 0.178. The Balaban J connectivity index is 0.987. The second-order valence-corrected chi connectivity index (χ2v) is 15.7. The lowest BCUT2D eigenvalue weighted by Gasteiger charge is -2.54. The summed E-state index contributed by atoms with van der Waals surface area (Å²) in [6.45, 7) is 11.0. The lowest BCUT2D eigenvalue weighted by atomic mass is 9.57. The number of nitrogens with one attached hydrogen (secondary N) is 2. The van der Waals surface area contributed by atoms with Crippen LogP contribution in [0.25, 0.3) is 0 Å². The molecule has 0 unspecified atom stereocenters. The van der Waals surface area contributed by atoms with Crippen molar-refractivity contribution >= 4 is 23.4 Å². The zero-order valence-corrected chi connectivity index (χ0v) is 31.1. The van der Waals surface area contributed by atoms with Gasteiger partial charge < -0.3 is 30.1 Å². The molecular weight excluding hydrogens is 691 g/mol. The van der Waals surface area contributed by atoms with Crippen LogP contribution < -0.4 is 15.5 Å². The van der Waals surface area contributed by atoms with Gasteiger partial charge in [-0.2, -0.15) is 8.78 Å². The summed E-state index contributed by atoms with van der Waals surface area (Å²) in [4.78, 5) is 31.5. The lowest BCUT2D eigenvalue weighted by molar-refractivity contribution is -0.111. The van der Waals surface area contributed by atoms with Gasteiger partial charge in [-0.15, -0.1) is 0 Å². The molecule has 0 radical (unpaired) electrons. The summed E-state index contributed by atoms with van der Waals surface area (Å²) < 4.78 is 51.1. The topological polar surface area (TPSA) is 77.2 Å². The van der Waals surface area contributed by atoms with E-state index in [0.29, 0.717) is 11.8 Å². The molecule has 3 heterocycles. The first-order chi connectivity index (χ1) is 26.1. The minimum Gasteiger partial charge on any atom is -0.453 e. The van der Waals surface area contributed by atoms with Crippen LogP contribution in [0, 0.1) is 23.6 Å². The van der Waals surface area contributed by atoms with Crippen LogP contribution in [-0.4, -0.2) is 87.3 Å². The van der Waals surface area contributed by atoms with Gasteiger partial charge in [0, 0.05) is 66.1 Å². The molecule has 3 aliphatic heterocycles. The first-order valence-corrected chi connectivity index (χ1v) is 19.4. The number of amides is 2. The van der Waals surface area contributed by atoms with Gasteiger partial charge in [0.15, 0.2) is 0 Å². The number of alkyl carbamates (subject to hydrolysis) is 1.